The number of hydrogen-bond acceptors (Lipinski definition) is 4. The minimum absolute atomic E-state index is 0.0975. The summed E-state index contributed by atoms with van der Waals surface area (Å²) in [4.78, 5) is 12.5. The van der Waals surface area contributed by atoms with Gasteiger partial charge in [0.15, 0.2) is 5.17 Å². The van der Waals surface area contributed by atoms with Crippen LogP contribution in [0.2, 0.25) is 0 Å². The van der Waals surface area contributed by atoms with Gasteiger partial charge in [0.25, 0.3) is 0 Å². The summed E-state index contributed by atoms with van der Waals surface area (Å²) in [5.74, 6) is 1.16. The molecule has 5 rings (SSSR count). The highest BCUT2D eigenvalue weighted by Crippen LogP contribution is 2.49. The molecule has 0 radical (unpaired) electrons. The average molecular weight is 381 g/mol. The second-order valence-corrected chi connectivity index (χ2v) is 8.96. The van der Waals surface area contributed by atoms with Crippen molar-refractivity contribution in [3.05, 3.63) is 54.1 Å². The Morgan fingerprint density at radius 1 is 1.11 bits per heavy atom. The Bertz CT molecular complexity index is 809. The number of thioether (sulfide) groups is 1. The number of fused-ring (bicyclic) bond motifs is 1. The lowest BCUT2D eigenvalue weighted by atomic mass is 9.94. The third-order valence-corrected chi connectivity index (χ3v) is 7.54. The maximum Gasteiger partial charge on any atom is 0.160 e. The molecule has 5 heteroatoms. The Balaban J connectivity index is 1.56. The number of aliphatic imine (C=N–C) groups is 1. The van der Waals surface area contributed by atoms with Crippen LogP contribution < -0.4 is 0 Å². The zero-order valence-corrected chi connectivity index (χ0v) is 16.8. The highest BCUT2D eigenvalue weighted by molar-refractivity contribution is 8.14. The first-order chi connectivity index (χ1) is 13.4. The Morgan fingerprint density at radius 3 is 2.78 bits per heavy atom. The maximum absolute atomic E-state index is 5.17. The summed E-state index contributed by atoms with van der Waals surface area (Å²) in [5, 5.41) is 1.22. The Kier molecular flexibility index (Phi) is 4.72. The quantitative estimate of drug-likeness (QED) is 0.715. The van der Waals surface area contributed by atoms with Gasteiger partial charge in [0, 0.05) is 35.9 Å². The Morgan fingerprint density at radius 2 is 2.00 bits per heavy atom. The lowest BCUT2D eigenvalue weighted by Crippen LogP contribution is -2.36. The molecule has 4 heterocycles. The van der Waals surface area contributed by atoms with E-state index in [1.807, 2.05) is 24.0 Å². The van der Waals surface area contributed by atoms with Crippen molar-refractivity contribution < 1.29 is 0 Å². The molecule has 0 aromatic carbocycles. The van der Waals surface area contributed by atoms with Crippen LogP contribution in [0.15, 0.2) is 47.7 Å². The van der Waals surface area contributed by atoms with Crippen LogP contribution in [0.4, 0.5) is 0 Å². The summed E-state index contributed by atoms with van der Waals surface area (Å²) in [6.45, 7) is 2.31. The molecule has 0 amide bonds. The van der Waals surface area contributed by atoms with Crippen LogP contribution in [0.3, 0.4) is 0 Å². The number of amidine groups is 1. The first-order valence-corrected chi connectivity index (χ1v) is 11.4. The Labute approximate surface area is 166 Å². The zero-order chi connectivity index (χ0) is 18.2. The van der Waals surface area contributed by atoms with E-state index < -0.39 is 0 Å². The summed E-state index contributed by atoms with van der Waals surface area (Å²) >= 11 is 1.93. The van der Waals surface area contributed by atoms with E-state index in [4.69, 9.17) is 4.99 Å². The molecule has 142 valence electrons. The predicted octanol–water partition coefficient (Wildman–Crippen LogP) is 5.37. The van der Waals surface area contributed by atoms with Crippen molar-refractivity contribution in [2.75, 3.05) is 5.75 Å². The normalized spacial score (nSPS) is 28.4. The predicted molar refractivity (Wildman–Crippen MR) is 112 cm³/mol. The molecule has 2 aromatic rings. The van der Waals surface area contributed by atoms with Crippen molar-refractivity contribution >= 4 is 16.9 Å². The van der Waals surface area contributed by atoms with Gasteiger partial charge in [0.2, 0.25) is 0 Å². The molecule has 3 aliphatic rings. The number of nitrogens with zero attached hydrogens (tertiary/aromatic N) is 4. The molecule has 0 bridgehead atoms. The molecule has 1 saturated heterocycles. The molecule has 4 nitrogen and oxygen atoms in total. The minimum atomic E-state index is 0.0975. The minimum Gasteiger partial charge on any atom is -0.346 e. The molecule has 2 aliphatic heterocycles. The van der Waals surface area contributed by atoms with Crippen molar-refractivity contribution in [3.8, 4) is 0 Å². The van der Waals surface area contributed by atoms with Gasteiger partial charge in [-0.2, -0.15) is 0 Å². The van der Waals surface area contributed by atoms with E-state index >= 15 is 0 Å². The largest absolute Gasteiger partial charge is 0.346 e. The van der Waals surface area contributed by atoms with E-state index in [1.165, 1.54) is 49.4 Å². The van der Waals surface area contributed by atoms with Crippen molar-refractivity contribution in [3.63, 3.8) is 0 Å². The van der Waals surface area contributed by atoms with Gasteiger partial charge in [-0.25, -0.2) is 0 Å². The standard InChI is InChI=1S/C22H28N4S/c1-2-16-15-27-22-24-20(18-11-6-7-13-23-18)21(26(16)22)19-12-8-14-25(19)17-9-4-3-5-10-17/h6-8,11-14,16-17,20-21H,2-5,9-10,15H2,1H3/t16-,20+,21+/m1/s1. The van der Waals surface area contributed by atoms with E-state index in [9.17, 15) is 0 Å². The molecular formula is C22H28N4S. The van der Waals surface area contributed by atoms with Crippen LogP contribution in [0, 0.1) is 0 Å². The third kappa shape index (κ3) is 3.00. The highest BCUT2D eigenvalue weighted by Gasteiger charge is 2.46. The average Bonchev–Trinajstić information content (AvgIpc) is 3.44. The molecule has 1 saturated carbocycles. The van der Waals surface area contributed by atoms with Crippen LogP contribution in [-0.4, -0.2) is 31.4 Å². The fraction of sp³-hybridized carbons (Fsp3) is 0.545. The lowest BCUT2D eigenvalue weighted by Gasteiger charge is -2.34. The summed E-state index contributed by atoms with van der Waals surface area (Å²) in [6.07, 6.45) is 12.1. The molecular weight excluding hydrogens is 352 g/mol. The topological polar surface area (TPSA) is 33.4 Å². The van der Waals surface area contributed by atoms with Crippen LogP contribution in [0.25, 0.3) is 0 Å². The van der Waals surface area contributed by atoms with Crippen LogP contribution >= 0.6 is 11.8 Å². The molecule has 0 N–H and O–H groups in total. The number of pyridine rings is 1. The molecule has 2 aromatic heterocycles. The first kappa shape index (κ1) is 17.4. The van der Waals surface area contributed by atoms with E-state index in [0.717, 1.165) is 11.4 Å². The van der Waals surface area contributed by atoms with Gasteiger partial charge in [-0.3, -0.25) is 9.98 Å². The summed E-state index contributed by atoms with van der Waals surface area (Å²) < 4.78 is 2.58. The summed E-state index contributed by atoms with van der Waals surface area (Å²) in [5.41, 5.74) is 2.52. The number of aromatic nitrogens is 2. The van der Waals surface area contributed by atoms with Crippen LogP contribution in [-0.2, 0) is 0 Å². The van der Waals surface area contributed by atoms with Crippen molar-refractivity contribution in [2.24, 2.45) is 4.99 Å². The Hall–Kier alpha value is -1.75. The summed E-state index contributed by atoms with van der Waals surface area (Å²) in [7, 11) is 0. The van der Waals surface area contributed by atoms with Gasteiger partial charge < -0.3 is 9.47 Å². The SMILES string of the molecule is CC[C@@H]1CSC2=N[C@@H](c3ccccn3)[C@H](c3cccn3C3CCCCC3)N21. The first-order valence-electron chi connectivity index (χ1n) is 10.4. The zero-order valence-electron chi connectivity index (χ0n) is 16.0. The highest BCUT2D eigenvalue weighted by atomic mass is 32.2. The fourth-order valence-corrected chi connectivity index (χ4v) is 6.36. The van der Waals surface area contributed by atoms with Crippen LogP contribution in [0.5, 0.6) is 0 Å². The number of hydrogen-bond donors (Lipinski definition) is 0. The van der Waals surface area contributed by atoms with Crippen molar-refractivity contribution in [2.45, 2.75) is 69.6 Å². The fourth-order valence-electron chi connectivity index (χ4n) is 5.02. The van der Waals surface area contributed by atoms with E-state index in [1.54, 1.807) is 0 Å². The van der Waals surface area contributed by atoms with E-state index in [2.05, 4.69) is 51.8 Å². The van der Waals surface area contributed by atoms with Gasteiger partial charge in [0.05, 0.1) is 11.7 Å². The number of rotatable bonds is 4. The second kappa shape index (κ2) is 7.34. The van der Waals surface area contributed by atoms with Crippen molar-refractivity contribution in [1.82, 2.24) is 14.5 Å². The molecule has 3 atom stereocenters. The van der Waals surface area contributed by atoms with Crippen LogP contribution in [0.1, 0.15) is 75.0 Å². The molecule has 27 heavy (non-hydrogen) atoms. The van der Waals surface area contributed by atoms with E-state index in [0.29, 0.717) is 12.1 Å². The second-order valence-electron chi connectivity index (χ2n) is 7.97. The van der Waals surface area contributed by atoms with Crippen molar-refractivity contribution in [1.29, 1.82) is 0 Å². The van der Waals surface area contributed by atoms with E-state index in [-0.39, 0.29) is 12.1 Å². The third-order valence-electron chi connectivity index (χ3n) is 6.41. The van der Waals surface area contributed by atoms with Gasteiger partial charge in [-0.15, -0.1) is 0 Å². The van der Waals surface area contributed by atoms with Gasteiger partial charge in [-0.1, -0.05) is 44.0 Å². The summed E-state index contributed by atoms with van der Waals surface area (Å²) in [6, 6.07) is 12.4. The smallest absolute Gasteiger partial charge is 0.160 e. The molecule has 1 aliphatic carbocycles. The molecule has 2 fully saturated rings. The molecule has 0 unspecified atom stereocenters. The lowest BCUT2D eigenvalue weighted by molar-refractivity contribution is 0.235. The molecule has 0 spiro atoms. The van der Waals surface area contributed by atoms with Gasteiger partial charge in [0.1, 0.15) is 6.04 Å². The van der Waals surface area contributed by atoms with Gasteiger partial charge in [-0.05, 0) is 43.5 Å². The monoisotopic (exact) mass is 380 g/mol. The van der Waals surface area contributed by atoms with Gasteiger partial charge >= 0.3 is 0 Å². The maximum atomic E-state index is 5.17.